The van der Waals surface area contributed by atoms with Crippen molar-refractivity contribution in [1.82, 2.24) is 4.72 Å². The van der Waals surface area contributed by atoms with E-state index in [9.17, 15) is 18.5 Å². The first-order chi connectivity index (χ1) is 8.19. The summed E-state index contributed by atoms with van der Waals surface area (Å²) >= 11 is 0. The van der Waals surface area contributed by atoms with E-state index < -0.39 is 37.7 Å². The molecule has 1 aromatic rings. The number of nitrogens with zero attached hydrogens (tertiary/aromatic N) is 1. The zero-order chi connectivity index (χ0) is 14.0. The van der Waals surface area contributed by atoms with E-state index in [0.717, 1.165) is 12.1 Å². The van der Waals surface area contributed by atoms with Crippen LogP contribution in [0.2, 0.25) is 0 Å². The van der Waals surface area contributed by atoms with Gasteiger partial charge in [0.1, 0.15) is 0 Å². The fourth-order valence-corrected chi connectivity index (χ4v) is 2.86. The van der Waals surface area contributed by atoms with E-state index >= 15 is 0 Å². The largest absolute Gasteiger partial charge is 0.394 e. The van der Waals surface area contributed by atoms with Crippen molar-refractivity contribution >= 4 is 15.7 Å². The van der Waals surface area contributed by atoms with E-state index in [1.54, 1.807) is 0 Å². The first-order valence-corrected chi connectivity index (χ1v) is 6.56. The molecule has 0 aliphatic carbocycles. The van der Waals surface area contributed by atoms with Crippen molar-refractivity contribution in [2.75, 3.05) is 6.61 Å². The molecule has 0 amide bonds. The van der Waals surface area contributed by atoms with Crippen molar-refractivity contribution in [2.24, 2.45) is 0 Å². The third kappa shape index (κ3) is 3.25. The van der Waals surface area contributed by atoms with Crippen LogP contribution in [0.5, 0.6) is 0 Å². The van der Waals surface area contributed by atoms with Gasteiger partial charge in [-0.05, 0) is 19.9 Å². The minimum Gasteiger partial charge on any atom is -0.394 e. The van der Waals surface area contributed by atoms with Gasteiger partial charge in [-0.15, -0.1) is 0 Å². The van der Waals surface area contributed by atoms with Crippen molar-refractivity contribution < 1.29 is 18.4 Å². The fraction of sp³-hybridized carbons (Fsp3) is 0.400. The molecule has 0 aromatic heterocycles. The molecule has 18 heavy (non-hydrogen) atoms. The molecule has 1 rings (SSSR count). The first-order valence-electron chi connectivity index (χ1n) is 5.08. The molecule has 0 saturated carbocycles. The first kappa shape index (κ1) is 14.6. The summed E-state index contributed by atoms with van der Waals surface area (Å²) in [6, 6.07) is 5.04. The van der Waals surface area contributed by atoms with Crippen LogP contribution in [0.15, 0.2) is 29.2 Å². The van der Waals surface area contributed by atoms with Crippen LogP contribution in [-0.4, -0.2) is 30.6 Å². The monoisotopic (exact) mass is 274 g/mol. The summed E-state index contributed by atoms with van der Waals surface area (Å²) < 4.78 is 26.2. The Hall–Kier alpha value is -1.51. The van der Waals surface area contributed by atoms with E-state index in [1.807, 2.05) is 0 Å². The lowest BCUT2D eigenvalue weighted by molar-refractivity contribution is -0.387. The molecule has 0 aliphatic heterocycles. The number of para-hydroxylation sites is 1. The van der Waals surface area contributed by atoms with Crippen LogP contribution in [0.3, 0.4) is 0 Å². The van der Waals surface area contributed by atoms with Crippen LogP contribution in [0, 0.1) is 10.1 Å². The molecule has 0 fully saturated rings. The molecule has 0 bridgehead atoms. The second-order valence-corrected chi connectivity index (χ2v) is 6.02. The van der Waals surface area contributed by atoms with Crippen molar-refractivity contribution in [3.05, 3.63) is 34.4 Å². The number of sulfonamides is 1. The third-order valence-electron chi connectivity index (χ3n) is 2.16. The lowest BCUT2D eigenvalue weighted by Crippen LogP contribution is -2.46. The average Bonchev–Trinajstić information content (AvgIpc) is 2.28. The Kier molecular flexibility index (Phi) is 4.05. The summed E-state index contributed by atoms with van der Waals surface area (Å²) in [4.78, 5) is 9.58. The summed E-state index contributed by atoms with van der Waals surface area (Å²) in [6.45, 7) is 2.52. The number of aliphatic hydroxyl groups is 1. The topological polar surface area (TPSA) is 110 Å². The standard InChI is InChI=1S/C10H14N2O5S/c1-10(2,7-13)11-18(16,17)9-6-4-3-5-8(9)12(14)15/h3-6,11,13H,7H2,1-2H3. The van der Waals surface area contributed by atoms with E-state index in [2.05, 4.69) is 4.72 Å². The third-order valence-corrected chi connectivity index (χ3v) is 3.90. The number of benzene rings is 1. The lowest BCUT2D eigenvalue weighted by Gasteiger charge is -2.22. The highest BCUT2D eigenvalue weighted by molar-refractivity contribution is 7.89. The van der Waals surface area contributed by atoms with Gasteiger partial charge in [0.05, 0.1) is 17.1 Å². The molecule has 0 radical (unpaired) electrons. The zero-order valence-electron chi connectivity index (χ0n) is 9.95. The van der Waals surface area contributed by atoms with Gasteiger partial charge in [-0.2, -0.15) is 0 Å². The highest BCUT2D eigenvalue weighted by Gasteiger charge is 2.30. The Morgan fingerprint density at radius 3 is 2.44 bits per heavy atom. The molecular formula is C10H14N2O5S. The number of nitrogens with one attached hydrogen (secondary N) is 1. The number of nitro groups is 1. The summed E-state index contributed by atoms with van der Waals surface area (Å²) in [5, 5.41) is 19.8. The Morgan fingerprint density at radius 2 is 1.94 bits per heavy atom. The highest BCUT2D eigenvalue weighted by Crippen LogP contribution is 2.23. The molecule has 0 heterocycles. The quantitative estimate of drug-likeness (QED) is 0.605. The van der Waals surface area contributed by atoms with Gasteiger partial charge in [0.25, 0.3) is 5.69 Å². The van der Waals surface area contributed by atoms with Gasteiger partial charge in [0.15, 0.2) is 4.90 Å². The van der Waals surface area contributed by atoms with Gasteiger partial charge in [0.2, 0.25) is 10.0 Å². The molecule has 2 N–H and O–H groups in total. The van der Waals surface area contributed by atoms with Crippen LogP contribution < -0.4 is 4.72 Å². The van der Waals surface area contributed by atoms with Gasteiger partial charge in [-0.3, -0.25) is 10.1 Å². The summed E-state index contributed by atoms with van der Waals surface area (Å²) in [6.07, 6.45) is 0. The lowest BCUT2D eigenvalue weighted by atomic mass is 10.1. The molecule has 0 saturated heterocycles. The molecule has 0 unspecified atom stereocenters. The number of aliphatic hydroxyl groups excluding tert-OH is 1. The van der Waals surface area contributed by atoms with Crippen molar-refractivity contribution in [3.63, 3.8) is 0 Å². The number of hydrogen-bond acceptors (Lipinski definition) is 5. The highest BCUT2D eigenvalue weighted by atomic mass is 32.2. The van der Waals surface area contributed by atoms with E-state index in [4.69, 9.17) is 5.11 Å². The normalized spacial score (nSPS) is 12.4. The van der Waals surface area contributed by atoms with Gasteiger partial charge >= 0.3 is 0 Å². The van der Waals surface area contributed by atoms with Crippen LogP contribution in [-0.2, 0) is 10.0 Å². The van der Waals surface area contributed by atoms with E-state index in [1.165, 1.54) is 26.0 Å². The minimum absolute atomic E-state index is 0.420. The Balaban J connectivity index is 3.26. The number of nitro benzene ring substituents is 1. The van der Waals surface area contributed by atoms with Crippen molar-refractivity contribution in [3.8, 4) is 0 Å². The van der Waals surface area contributed by atoms with Crippen LogP contribution in [0.4, 0.5) is 5.69 Å². The maximum absolute atomic E-state index is 12.0. The molecule has 8 heteroatoms. The second-order valence-electron chi connectivity index (χ2n) is 4.37. The maximum Gasteiger partial charge on any atom is 0.289 e. The number of rotatable bonds is 5. The van der Waals surface area contributed by atoms with Gasteiger partial charge in [-0.1, -0.05) is 12.1 Å². The zero-order valence-corrected chi connectivity index (χ0v) is 10.8. The van der Waals surface area contributed by atoms with E-state index in [-0.39, 0.29) is 0 Å². The predicted octanol–water partition coefficient (Wildman–Crippen LogP) is 0.644. The predicted molar refractivity (Wildman–Crippen MR) is 64.6 cm³/mol. The maximum atomic E-state index is 12.0. The number of hydrogen-bond donors (Lipinski definition) is 2. The Bertz CT molecular complexity index is 553. The molecule has 0 aliphatic rings. The molecule has 100 valence electrons. The molecule has 1 aromatic carbocycles. The molecule has 7 nitrogen and oxygen atoms in total. The summed E-state index contributed by atoms with van der Waals surface area (Å²) in [7, 11) is -4.06. The summed E-state index contributed by atoms with van der Waals surface area (Å²) in [5.41, 5.74) is -1.60. The van der Waals surface area contributed by atoms with Gasteiger partial charge < -0.3 is 5.11 Å². The van der Waals surface area contributed by atoms with Crippen LogP contribution in [0.1, 0.15) is 13.8 Å². The van der Waals surface area contributed by atoms with E-state index in [0.29, 0.717) is 0 Å². The van der Waals surface area contributed by atoms with Gasteiger partial charge in [0, 0.05) is 6.07 Å². The summed E-state index contributed by atoms with van der Waals surface area (Å²) in [5.74, 6) is 0. The SMILES string of the molecule is CC(C)(CO)NS(=O)(=O)c1ccccc1[N+](=O)[O-]. The van der Waals surface area contributed by atoms with Crippen LogP contribution in [0.25, 0.3) is 0 Å². The molecular weight excluding hydrogens is 260 g/mol. The smallest absolute Gasteiger partial charge is 0.289 e. The molecule has 0 atom stereocenters. The van der Waals surface area contributed by atoms with Crippen LogP contribution >= 0.6 is 0 Å². The second kappa shape index (κ2) is 5.01. The van der Waals surface area contributed by atoms with Crippen molar-refractivity contribution in [2.45, 2.75) is 24.3 Å². The fourth-order valence-electron chi connectivity index (χ4n) is 1.29. The Labute approximate surface area is 105 Å². The molecule has 0 spiro atoms. The van der Waals surface area contributed by atoms with Gasteiger partial charge in [-0.25, -0.2) is 13.1 Å². The van der Waals surface area contributed by atoms with Crippen molar-refractivity contribution in [1.29, 1.82) is 0 Å². The Morgan fingerprint density at radius 1 is 1.39 bits per heavy atom. The average molecular weight is 274 g/mol. The minimum atomic E-state index is -4.06.